The number of nitrogens with one attached hydrogen (secondary N) is 1. The molecular formula is C22H23ClN2O. The van der Waals surface area contributed by atoms with Gasteiger partial charge in [0.2, 0.25) is 0 Å². The lowest BCUT2D eigenvalue weighted by Crippen LogP contribution is -2.49. The summed E-state index contributed by atoms with van der Waals surface area (Å²) in [6.07, 6.45) is 6.08. The van der Waals surface area contributed by atoms with Crippen molar-refractivity contribution in [3.05, 3.63) is 70.9 Å². The van der Waals surface area contributed by atoms with Gasteiger partial charge < -0.3 is 10.1 Å². The van der Waals surface area contributed by atoms with Gasteiger partial charge in [0.15, 0.2) is 0 Å². The number of aliphatic hydroxyl groups is 1. The third-order valence-electron chi connectivity index (χ3n) is 6.33. The fraction of sp³-hybridized carbons (Fsp3) is 0.364. The predicted octanol–water partition coefficient (Wildman–Crippen LogP) is 4.84. The molecule has 26 heavy (non-hydrogen) atoms. The Morgan fingerprint density at radius 3 is 2.46 bits per heavy atom. The first kappa shape index (κ1) is 16.4. The molecule has 3 heterocycles. The monoisotopic (exact) mass is 366 g/mol. The Morgan fingerprint density at radius 2 is 1.73 bits per heavy atom. The molecule has 0 radical (unpaired) electrons. The molecule has 0 aliphatic carbocycles. The van der Waals surface area contributed by atoms with Crippen LogP contribution in [0.15, 0.2) is 54.7 Å². The molecule has 3 aromatic rings. The molecule has 0 saturated carbocycles. The predicted molar refractivity (Wildman–Crippen MR) is 105 cm³/mol. The first-order valence-electron chi connectivity index (χ1n) is 9.41. The van der Waals surface area contributed by atoms with E-state index in [0.717, 1.165) is 30.0 Å². The van der Waals surface area contributed by atoms with Crippen molar-refractivity contribution in [3.63, 3.8) is 0 Å². The minimum absolute atomic E-state index is 0.433. The van der Waals surface area contributed by atoms with Crippen molar-refractivity contribution in [2.45, 2.75) is 49.9 Å². The second-order valence-corrected chi connectivity index (χ2v) is 8.30. The van der Waals surface area contributed by atoms with Crippen LogP contribution in [0.3, 0.4) is 0 Å². The molecule has 2 aromatic carbocycles. The third-order valence-corrected chi connectivity index (χ3v) is 6.58. The number of hydrogen-bond acceptors (Lipinski definition) is 2. The van der Waals surface area contributed by atoms with Crippen LogP contribution >= 0.6 is 11.6 Å². The highest BCUT2D eigenvalue weighted by Crippen LogP contribution is 2.46. The van der Waals surface area contributed by atoms with Gasteiger partial charge in [-0.3, -0.25) is 4.90 Å². The number of para-hydroxylation sites is 1. The molecule has 1 aromatic heterocycles. The van der Waals surface area contributed by atoms with Crippen molar-refractivity contribution in [1.82, 2.24) is 9.88 Å². The van der Waals surface area contributed by atoms with E-state index < -0.39 is 5.60 Å². The van der Waals surface area contributed by atoms with Gasteiger partial charge in [0.25, 0.3) is 0 Å². The maximum atomic E-state index is 11.4. The molecule has 2 saturated heterocycles. The second kappa shape index (κ2) is 6.12. The summed E-state index contributed by atoms with van der Waals surface area (Å²) in [6.45, 7) is 0.954. The smallest absolute Gasteiger partial charge is 0.0926 e. The number of rotatable bonds is 3. The van der Waals surface area contributed by atoms with Gasteiger partial charge in [-0.05, 0) is 55.0 Å². The molecule has 2 bridgehead atoms. The van der Waals surface area contributed by atoms with E-state index in [1.54, 1.807) is 0 Å². The standard InChI is InChI=1S/C22H23ClN2O/c23-17-7-5-16(6-8-17)22(26)11-18-9-10-19(12-22)25(18)14-15-13-24-21-4-2-1-3-20(15)21/h1-8,13,18-19,24,26H,9-12,14H2/t18-,19+,22?. The molecule has 2 N–H and O–H groups in total. The number of H-pyrrole nitrogens is 1. The van der Waals surface area contributed by atoms with E-state index in [-0.39, 0.29) is 0 Å². The molecule has 5 rings (SSSR count). The number of halogens is 1. The Hall–Kier alpha value is -1.81. The van der Waals surface area contributed by atoms with Crippen molar-refractivity contribution < 1.29 is 5.11 Å². The molecule has 2 aliphatic heterocycles. The van der Waals surface area contributed by atoms with Gasteiger partial charge in [0.1, 0.15) is 0 Å². The van der Waals surface area contributed by atoms with Crippen LogP contribution in [0, 0.1) is 0 Å². The van der Waals surface area contributed by atoms with Crippen LogP contribution in [-0.2, 0) is 12.1 Å². The minimum Gasteiger partial charge on any atom is -0.385 e. The summed E-state index contributed by atoms with van der Waals surface area (Å²) in [5, 5.41) is 13.4. The van der Waals surface area contributed by atoms with Crippen molar-refractivity contribution in [3.8, 4) is 0 Å². The summed E-state index contributed by atoms with van der Waals surface area (Å²) in [5.41, 5.74) is 2.83. The van der Waals surface area contributed by atoms with Gasteiger partial charge >= 0.3 is 0 Å². The summed E-state index contributed by atoms with van der Waals surface area (Å²) >= 11 is 6.02. The molecule has 134 valence electrons. The van der Waals surface area contributed by atoms with Gasteiger partial charge in [-0.25, -0.2) is 0 Å². The first-order valence-corrected chi connectivity index (χ1v) is 9.79. The number of benzene rings is 2. The molecule has 3 atom stereocenters. The summed E-state index contributed by atoms with van der Waals surface area (Å²) in [7, 11) is 0. The zero-order chi connectivity index (χ0) is 17.7. The largest absolute Gasteiger partial charge is 0.385 e. The number of nitrogens with zero attached hydrogens (tertiary/aromatic N) is 1. The lowest BCUT2D eigenvalue weighted by Gasteiger charge is -2.44. The Morgan fingerprint density at radius 1 is 1.04 bits per heavy atom. The highest BCUT2D eigenvalue weighted by Gasteiger charge is 2.48. The quantitative estimate of drug-likeness (QED) is 0.696. The summed E-state index contributed by atoms with van der Waals surface area (Å²) in [4.78, 5) is 6.00. The van der Waals surface area contributed by atoms with Gasteiger partial charge in [-0.1, -0.05) is 41.9 Å². The van der Waals surface area contributed by atoms with Crippen LogP contribution in [0.25, 0.3) is 10.9 Å². The van der Waals surface area contributed by atoms with Gasteiger partial charge in [0, 0.05) is 40.8 Å². The molecule has 0 spiro atoms. The van der Waals surface area contributed by atoms with Crippen LogP contribution < -0.4 is 0 Å². The Labute approximate surface area is 158 Å². The Kier molecular flexibility index (Phi) is 3.85. The van der Waals surface area contributed by atoms with E-state index in [9.17, 15) is 5.11 Å². The number of hydrogen-bond donors (Lipinski definition) is 2. The maximum Gasteiger partial charge on any atom is 0.0926 e. The van der Waals surface area contributed by atoms with E-state index in [1.807, 2.05) is 24.3 Å². The fourth-order valence-electron chi connectivity index (χ4n) is 5.03. The molecule has 1 unspecified atom stereocenters. The van der Waals surface area contributed by atoms with Crippen molar-refractivity contribution in [2.75, 3.05) is 0 Å². The van der Waals surface area contributed by atoms with Crippen molar-refractivity contribution in [1.29, 1.82) is 0 Å². The van der Waals surface area contributed by atoms with E-state index in [4.69, 9.17) is 11.6 Å². The van der Waals surface area contributed by atoms with Crippen molar-refractivity contribution in [2.24, 2.45) is 0 Å². The highest BCUT2D eigenvalue weighted by molar-refractivity contribution is 6.30. The average molecular weight is 367 g/mol. The topological polar surface area (TPSA) is 39.3 Å². The number of aromatic nitrogens is 1. The van der Waals surface area contributed by atoms with E-state index in [0.29, 0.717) is 12.1 Å². The summed E-state index contributed by atoms with van der Waals surface area (Å²) < 4.78 is 0. The van der Waals surface area contributed by atoms with Crippen LogP contribution in [0.4, 0.5) is 0 Å². The highest BCUT2D eigenvalue weighted by atomic mass is 35.5. The summed E-state index contributed by atoms with van der Waals surface area (Å²) in [5.74, 6) is 0. The number of aromatic amines is 1. The number of fused-ring (bicyclic) bond motifs is 3. The fourth-order valence-corrected chi connectivity index (χ4v) is 5.16. The van der Waals surface area contributed by atoms with Gasteiger partial charge in [0.05, 0.1) is 5.60 Å². The normalized spacial score (nSPS) is 28.7. The van der Waals surface area contributed by atoms with E-state index in [1.165, 1.54) is 29.3 Å². The lowest BCUT2D eigenvalue weighted by atomic mass is 9.80. The Bertz CT molecular complexity index is 919. The maximum absolute atomic E-state index is 11.4. The first-order chi connectivity index (χ1) is 12.6. The third kappa shape index (κ3) is 2.66. The minimum atomic E-state index is -0.729. The van der Waals surface area contributed by atoms with Gasteiger partial charge in [-0.2, -0.15) is 0 Å². The average Bonchev–Trinajstić information content (AvgIpc) is 3.16. The van der Waals surface area contributed by atoms with Crippen LogP contribution in [-0.4, -0.2) is 27.1 Å². The van der Waals surface area contributed by atoms with Crippen LogP contribution in [0.5, 0.6) is 0 Å². The molecule has 4 heteroatoms. The van der Waals surface area contributed by atoms with E-state index in [2.05, 4.69) is 40.3 Å². The molecule has 0 amide bonds. The second-order valence-electron chi connectivity index (χ2n) is 7.86. The zero-order valence-corrected chi connectivity index (χ0v) is 15.4. The SMILES string of the molecule is OC1(c2ccc(Cl)cc2)C[C@H]2CC[C@@H](C1)N2Cc1c[nH]c2ccccc12. The van der Waals surface area contributed by atoms with Crippen LogP contribution in [0.2, 0.25) is 5.02 Å². The number of piperidine rings is 1. The molecular weight excluding hydrogens is 344 g/mol. The van der Waals surface area contributed by atoms with Gasteiger partial charge in [-0.15, -0.1) is 0 Å². The molecule has 2 fully saturated rings. The zero-order valence-electron chi connectivity index (χ0n) is 14.7. The molecule has 2 aliphatic rings. The summed E-state index contributed by atoms with van der Waals surface area (Å²) in [6, 6.07) is 17.1. The van der Waals surface area contributed by atoms with Crippen LogP contribution in [0.1, 0.15) is 36.8 Å². The lowest BCUT2D eigenvalue weighted by molar-refractivity contribution is -0.0594. The van der Waals surface area contributed by atoms with Crippen molar-refractivity contribution >= 4 is 22.5 Å². The molecule has 3 nitrogen and oxygen atoms in total. The van der Waals surface area contributed by atoms with E-state index >= 15 is 0 Å². The Balaban J connectivity index is 1.40.